The Morgan fingerprint density at radius 2 is 1.68 bits per heavy atom. The van der Waals surface area contributed by atoms with Crippen LogP contribution in [-0.4, -0.2) is 46.7 Å². The summed E-state index contributed by atoms with van der Waals surface area (Å²) in [6.07, 6.45) is 7.07. The van der Waals surface area contributed by atoms with E-state index in [2.05, 4.69) is 26.5 Å². The first-order valence-corrected chi connectivity index (χ1v) is 7.69. The number of ether oxygens (including phenoxy) is 2. The Balaban J connectivity index is 2.12. The average molecular weight is 284 g/mol. The summed E-state index contributed by atoms with van der Waals surface area (Å²) in [5, 5.41) is 3.99. The van der Waals surface area contributed by atoms with Crippen molar-refractivity contribution < 1.29 is 9.47 Å². The number of aromatic nitrogens is 3. The second kappa shape index (κ2) is 6.79. The van der Waals surface area contributed by atoms with Crippen LogP contribution in [0.5, 0.6) is 12.0 Å². The zero-order valence-electron chi connectivity index (χ0n) is 11.5. The molecule has 106 valence electrons. The average Bonchev–Trinajstić information content (AvgIpc) is 2.47. The molecule has 2 rings (SSSR count). The van der Waals surface area contributed by atoms with E-state index in [1.54, 1.807) is 0 Å². The van der Waals surface area contributed by atoms with Gasteiger partial charge in [0.15, 0.2) is 0 Å². The Bertz CT molecular complexity index is 396. The maximum atomic E-state index is 5.05. The van der Waals surface area contributed by atoms with Crippen LogP contribution in [0.15, 0.2) is 0 Å². The van der Waals surface area contributed by atoms with Crippen LogP contribution in [0.1, 0.15) is 25.7 Å². The van der Waals surface area contributed by atoms with Crippen LogP contribution in [0.4, 0.5) is 5.95 Å². The number of methoxy groups -OCH3 is 2. The molecule has 1 heterocycles. The van der Waals surface area contributed by atoms with Crippen molar-refractivity contribution in [2.75, 3.05) is 25.8 Å². The summed E-state index contributed by atoms with van der Waals surface area (Å²) in [6.45, 7) is 0. The molecular formula is C12H20N4O2S. The summed E-state index contributed by atoms with van der Waals surface area (Å²) in [5.41, 5.74) is 0. The van der Waals surface area contributed by atoms with E-state index in [1.165, 1.54) is 33.5 Å². The van der Waals surface area contributed by atoms with Gasteiger partial charge in [-0.2, -0.15) is 21.7 Å². The molecule has 0 saturated heterocycles. The third-order valence-electron chi connectivity index (χ3n) is 3.28. The summed E-state index contributed by atoms with van der Waals surface area (Å²) in [6, 6.07) is 0.928. The molecule has 1 fully saturated rings. The number of thioether (sulfide) groups is 1. The van der Waals surface area contributed by atoms with Crippen LogP contribution < -0.4 is 14.8 Å². The molecular weight excluding hydrogens is 264 g/mol. The van der Waals surface area contributed by atoms with E-state index in [4.69, 9.17) is 9.47 Å². The van der Waals surface area contributed by atoms with Crippen LogP contribution in [0.2, 0.25) is 0 Å². The van der Waals surface area contributed by atoms with Crippen molar-refractivity contribution in [1.82, 2.24) is 15.0 Å². The second-order valence-corrected chi connectivity index (χ2v) is 5.52. The zero-order chi connectivity index (χ0) is 13.7. The maximum Gasteiger partial charge on any atom is 0.324 e. The van der Waals surface area contributed by atoms with Crippen molar-refractivity contribution in [1.29, 1.82) is 0 Å². The fourth-order valence-electron chi connectivity index (χ4n) is 2.30. The lowest BCUT2D eigenvalue weighted by atomic mass is 9.95. The molecule has 0 amide bonds. The molecule has 1 aromatic heterocycles. The first kappa shape index (κ1) is 14.2. The Labute approximate surface area is 117 Å². The van der Waals surface area contributed by atoms with Crippen molar-refractivity contribution in [3.8, 4) is 12.0 Å². The molecule has 1 saturated carbocycles. The van der Waals surface area contributed by atoms with E-state index in [0.29, 0.717) is 17.2 Å². The van der Waals surface area contributed by atoms with Crippen LogP contribution in [0.25, 0.3) is 0 Å². The Kier molecular flexibility index (Phi) is 5.07. The highest BCUT2D eigenvalue weighted by atomic mass is 32.2. The van der Waals surface area contributed by atoms with Crippen LogP contribution in [0, 0.1) is 0 Å². The predicted octanol–water partition coefficient (Wildman–Crippen LogP) is 1.97. The van der Waals surface area contributed by atoms with E-state index in [1.807, 2.05) is 11.8 Å². The second-order valence-electron chi connectivity index (χ2n) is 4.44. The normalized spacial score (nSPS) is 22.9. The van der Waals surface area contributed by atoms with Gasteiger partial charge in [0.2, 0.25) is 5.95 Å². The largest absolute Gasteiger partial charge is 0.467 e. The van der Waals surface area contributed by atoms with E-state index in [9.17, 15) is 0 Å². The molecule has 0 bridgehead atoms. The van der Waals surface area contributed by atoms with Gasteiger partial charge in [-0.15, -0.1) is 4.98 Å². The van der Waals surface area contributed by atoms with Gasteiger partial charge in [-0.25, -0.2) is 0 Å². The zero-order valence-corrected chi connectivity index (χ0v) is 12.4. The van der Waals surface area contributed by atoms with Crippen LogP contribution in [-0.2, 0) is 0 Å². The van der Waals surface area contributed by atoms with Gasteiger partial charge in [-0.05, 0) is 19.1 Å². The van der Waals surface area contributed by atoms with E-state index >= 15 is 0 Å². The van der Waals surface area contributed by atoms with Gasteiger partial charge in [-0.1, -0.05) is 12.8 Å². The number of rotatable bonds is 5. The third kappa shape index (κ3) is 3.62. The fraction of sp³-hybridized carbons (Fsp3) is 0.750. The van der Waals surface area contributed by atoms with Gasteiger partial charge in [0.1, 0.15) is 0 Å². The van der Waals surface area contributed by atoms with Crippen molar-refractivity contribution >= 4 is 17.7 Å². The number of nitrogens with one attached hydrogen (secondary N) is 1. The molecule has 0 aliphatic heterocycles. The summed E-state index contributed by atoms with van der Waals surface area (Å²) in [5.74, 6) is 0.523. The lowest BCUT2D eigenvalue weighted by Crippen LogP contribution is -2.35. The van der Waals surface area contributed by atoms with Gasteiger partial charge in [0, 0.05) is 11.3 Å². The standard InChI is InChI=1S/C12H20N4O2S/c1-17-11-14-10(15-12(16-11)18-2)13-8-6-4-5-7-9(8)19-3/h8-9H,4-7H2,1-3H3,(H,13,14,15,16). The minimum atomic E-state index is 0.269. The fourth-order valence-corrected chi connectivity index (χ4v) is 3.23. The number of nitrogens with zero attached hydrogens (tertiary/aromatic N) is 3. The van der Waals surface area contributed by atoms with E-state index in [-0.39, 0.29) is 12.0 Å². The predicted molar refractivity (Wildman–Crippen MR) is 76.1 cm³/mol. The Morgan fingerprint density at radius 1 is 1.05 bits per heavy atom. The Morgan fingerprint density at radius 3 is 2.26 bits per heavy atom. The minimum Gasteiger partial charge on any atom is -0.467 e. The molecule has 1 N–H and O–H groups in total. The topological polar surface area (TPSA) is 69.2 Å². The molecule has 0 aromatic carbocycles. The molecule has 6 nitrogen and oxygen atoms in total. The Hall–Kier alpha value is -1.24. The molecule has 0 spiro atoms. The molecule has 7 heteroatoms. The summed E-state index contributed by atoms with van der Waals surface area (Å²) >= 11 is 1.90. The monoisotopic (exact) mass is 284 g/mol. The molecule has 2 atom stereocenters. The number of hydrogen-bond acceptors (Lipinski definition) is 7. The van der Waals surface area contributed by atoms with Crippen molar-refractivity contribution in [3.05, 3.63) is 0 Å². The highest BCUT2D eigenvalue weighted by Crippen LogP contribution is 2.29. The van der Waals surface area contributed by atoms with Gasteiger partial charge < -0.3 is 14.8 Å². The van der Waals surface area contributed by atoms with Crippen molar-refractivity contribution in [3.63, 3.8) is 0 Å². The molecule has 2 unspecified atom stereocenters. The number of hydrogen-bond donors (Lipinski definition) is 1. The lowest BCUT2D eigenvalue weighted by Gasteiger charge is -2.30. The highest BCUT2D eigenvalue weighted by molar-refractivity contribution is 7.99. The molecule has 19 heavy (non-hydrogen) atoms. The summed E-state index contributed by atoms with van der Waals surface area (Å²) in [7, 11) is 3.06. The minimum absolute atomic E-state index is 0.269. The molecule has 1 aliphatic carbocycles. The molecule has 1 aromatic rings. The number of anilines is 1. The highest BCUT2D eigenvalue weighted by Gasteiger charge is 2.25. The van der Waals surface area contributed by atoms with Crippen molar-refractivity contribution in [2.24, 2.45) is 0 Å². The van der Waals surface area contributed by atoms with Gasteiger partial charge in [-0.3, -0.25) is 0 Å². The van der Waals surface area contributed by atoms with Crippen molar-refractivity contribution in [2.45, 2.75) is 37.0 Å². The quantitative estimate of drug-likeness (QED) is 0.886. The van der Waals surface area contributed by atoms with Crippen LogP contribution in [0.3, 0.4) is 0 Å². The molecule has 0 radical (unpaired) electrons. The third-order valence-corrected chi connectivity index (χ3v) is 4.45. The first-order valence-electron chi connectivity index (χ1n) is 6.40. The van der Waals surface area contributed by atoms with Gasteiger partial charge in [0.25, 0.3) is 0 Å². The first-order chi connectivity index (χ1) is 9.26. The van der Waals surface area contributed by atoms with Crippen LogP contribution >= 0.6 is 11.8 Å². The lowest BCUT2D eigenvalue weighted by molar-refractivity contribution is 0.340. The van der Waals surface area contributed by atoms with E-state index in [0.717, 1.165) is 6.42 Å². The van der Waals surface area contributed by atoms with Gasteiger partial charge >= 0.3 is 12.0 Å². The summed E-state index contributed by atoms with van der Waals surface area (Å²) < 4.78 is 10.1. The SMILES string of the molecule is COc1nc(NC2CCCCC2SC)nc(OC)n1. The summed E-state index contributed by atoms with van der Waals surface area (Å²) in [4.78, 5) is 12.4. The van der Waals surface area contributed by atoms with Gasteiger partial charge in [0.05, 0.1) is 14.2 Å². The smallest absolute Gasteiger partial charge is 0.324 e. The maximum absolute atomic E-state index is 5.05. The molecule has 1 aliphatic rings. The van der Waals surface area contributed by atoms with E-state index < -0.39 is 0 Å².